The molecule has 1 aromatic carbocycles. The maximum absolute atomic E-state index is 12.5. The van der Waals surface area contributed by atoms with Gasteiger partial charge in [-0.25, -0.2) is 8.42 Å². The SMILES string of the molecule is O=C(CCN1C(=O)[C@H]2CC=CC[C@H]2C1=O)Nc1cccc(S(=O)(=O)NC2=NCCC2)c1. The van der Waals surface area contributed by atoms with Crippen LogP contribution in [0.3, 0.4) is 0 Å². The summed E-state index contributed by atoms with van der Waals surface area (Å²) >= 11 is 0. The second-order valence-electron chi connectivity index (χ2n) is 7.85. The molecule has 0 aromatic heterocycles. The van der Waals surface area contributed by atoms with Crippen LogP contribution in [0, 0.1) is 11.8 Å². The third-order valence-electron chi connectivity index (χ3n) is 5.72. The average molecular weight is 445 g/mol. The largest absolute Gasteiger partial charge is 0.326 e. The number of hydrogen-bond donors (Lipinski definition) is 2. The molecule has 10 heteroatoms. The first kappa shape index (κ1) is 21.2. The molecule has 164 valence electrons. The van der Waals surface area contributed by atoms with E-state index in [-0.39, 0.29) is 41.5 Å². The number of nitrogens with zero attached hydrogens (tertiary/aromatic N) is 2. The van der Waals surface area contributed by atoms with Crippen molar-refractivity contribution in [1.82, 2.24) is 9.62 Å². The fourth-order valence-electron chi connectivity index (χ4n) is 4.10. The number of hydrogen-bond acceptors (Lipinski definition) is 6. The summed E-state index contributed by atoms with van der Waals surface area (Å²) in [5.74, 6) is -1.05. The number of amidine groups is 1. The van der Waals surface area contributed by atoms with Gasteiger partial charge < -0.3 is 5.32 Å². The Balaban J connectivity index is 1.35. The van der Waals surface area contributed by atoms with Gasteiger partial charge in [-0.15, -0.1) is 0 Å². The summed E-state index contributed by atoms with van der Waals surface area (Å²) in [5.41, 5.74) is 0.318. The molecule has 4 rings (SSSR count). The molecule has 1 fully saturated rings. The lowest BCUT2D eigenvalue weighted by Crippen LogP contribution is -2.34. The summed E-state index contributed by atoms with van der Waals surface area (Å²) in [6, 6.07) is 5.91. The third-order valence-corrected chi connectivity index (χ3v) is 7.09. The van der Waals surface area contributed by atoms with Crippen molar-refractivity contribution in [2.45, 2.75) is 37.0 Å². The summed E-state index contributed by atoms with van der Waals surface area (Å²) in [6.07, 6.45) is 6.28. The van der Waals surface area contributed by atoms with Gasteiger partial charge in [0.15, 0.2) is 0 Å². The number of nitrogens with one attached hydrogen (secondary N) is 2. The van der Waals surface area contributed by atoms with Gasteiger partial charge in [0, 0.05) is 31.6 Å². The lowest BCUT2D eigenvalue weighted by Gasteiger charge is -2.14. The number of carbonyl (C=O) groups excluding carboxylic acids is 3. The highest BCUT2D eigenvalue weighted by Gasteiger charge is 2.46. The average Bonchev–Trinajstić information content (AvgIpc) is 3.33. The van der Waals surface area contributed by atoms with Gasteiger partial charge >= 0.3 is 0 Å². The number of imide groups is 1. The van der Waals surface area contributed by atoms with Crippen LogP contribution in [0.15, 0.2) is 46.3 Å². The van der Waals surface area contributed by atoms with Crippen molar-refractivity contribution in [3.05, 3.63) is 36.4 Å². The molecule has 2 atom stereocenters. The van der Waals surface area contributed by atoms with Crippen molar-refractivity contribution in [2.24, 2.45) is 16.8 Å². The fraction of sp³-hybridized carbons (Fsp3) is 0.429. The number of sulfonamides is 1. The topological polar surface area (TPSA) is 125 Å². The van der Waals surface area contributed by atoms with Crippen molar-refractivity contribution in [3.63, 3.8) is 0 Å². The first-order chi connectivity index (χ1) is 14.8. The van der Waals surface area contributed by atoms with Crippen LogP contribution in [-0.2, 0) is 24.4 Å². The molecule has 1 aliphatic carbocycles. The van der Waals surface area contributed by atoms with E-state index < -0.39 is 15.9 Å². The Bertz CT molecular complexity index is 1050. The first-order valence-corrected chi connectivity index (χ1v) is 11.8. The summed E-state index contributed by atoms with van der Waals surface area (Å²) in [7, 11) is -3.79. The van der Waals surface area contributed by atoms with E-state index >= 15 is 0 Å². The normalized spacial score (nSPS) is 23.0. The molecular weight excluding hydrogens is 420 g/mol. The fourth-order valence-corrected chi connectivity index (χ4v) is 5.24. The molecule has 0 bridgehead atoms. The monoisotopic (exact) mass is 444 g/mol. The molecule has 9 nitrogen and oxygen atoms in total. The number of likely N-dealkylation sites (tertiary alicyclic amines) is 1. The van der Waals surface area contributed by atoms with Crippen LogP contribution in [0.4, 0.5) is 5.69 Å². The van der Waals surface area contributed by atoms with Gasteiger partial charge in [0.1, 0.15) is 5.84 Å². The molecule has 2 N–H and O–H groups in total. The Morgan fingerprint density at radius 1 is 1.13 bits per heavy atom. The zero-order chi connectivity index (χ0) is 22.0. The van der Waals surface area contributed by atoms with Gasteiger partial charge in [-0.2, -0.15) is 0 Å². The van der Waals surface area contributed by atoms with Gasteiger partial charge in [0.05, 0.1) is 16.7 Å². The standard InChI is InChI=1S/C21H24N4O5S/c26-19(10-12-25-20(27)16-7-1-2-8-17(16)21(25)28)23-14-5-3-6-15(13-14)31(29,30)24-18-9-4-11-22-18/h1-3,5-6,13,16-17H,4,7-12H2,(H,22,24)(H,23,26)/t16-,17+. The molecule has 2 heterocycles. The minimum Gasteiger partial charge on any atom is -0.326 e. The molecule has 1 aromatic rings. The molecule has 0 unspecified atom stereocenters. The number of allylic oxidation sites excluding steroid dienone is 2. The molecule has 0 saturated carbocycles. The third kappa shape index (κ3) is 4.53. The van der Waals surface area contributed by atoms with Crippen LogP contribution in [0.5, 0.6) is 0 Å². The molecular formula is C21H24N4O5S. The van der Waals surface area contributed by atoms with Crippen LogP contribution in [0.1, 0.15) is 32.1 Å². The smallest absolute Gasteiger partial charge is 0.262 e. The van der Waals surface area contributed by atoms with Crippen molar-refractivity contribution in [3.8, 4) is 0 Å². The van der Waals surface area contributed by atoms with Crippen LogP contribution in [0.2, 0.25) is 0 Å². The van der Waals surface area contributed by atoms with Gasteiger partial charge in [0.25, 0.3) is 10.0 Å². The van der Waals surface area contributed by atoms with Crippen LogP contribution < -0.4 is 10.0 Å². The molecule has 0 spiro atoms. The number of rotatable bonds is 6. The van der Waals surface area contributed by atoms with E-state index in [0.29, 0.717) is 37.3 Å². The summed E-state index contributed by atoms with van der Waals surface area (Å²) in [6.45, 7) is 0.615. The Kier molecular flexibility index (Phi) is 5.90. The summed E-state index contributed by atoms with van der Waals surface area (Å²) in [4.78, 5) is 42.6. The van der Waals surface area contributed by atoms with E-state index in [4.69, 9.17) is 0 Å². The first-order valence-electron chi connectivity index (χ1n) is 10.3. The van der Waals surface area contributed by atoms with Crippen LogP contribution in [0.25, 0.3) is 0 Å². The van der Waals surface area contributed by atoms with Crippen molar-refractivity contribution >= 4 is 39.3 Å². The Hall–Kier alpha value is -3.01. The predicted octanol–water partition coefficient (Wildman–Crippen LogP) is 1.44. The van der Waals surface area contributed by atoms with E-state index in [1.165, 1.54) is 23.1 Å². The number of amides is 3. The molecule has 1 saturated heterocycles. The van der Waals surface area contributed by atoms with E-state index in [9.17, 15) is 22.8 Å². The maximum Gasteiger partial charge on any atom is 0.262 e. The second kappa shape index (κ2) is 8.62. The van der Waals surface area contributed by atoms with Crippen LogP contribution in [-0.4, -0.2) is 50.0 Å². The Morgan fingerprint density at radius 3 is 2.48 bits per heavy atom. The van der Waals surface area contributed by atoms with Gasteiger partial charge in [-0.3, -0.25) is 29.0 Å². The zero-order valence-electron chi connectivity index (χ0n) is 16.9. The summed E-state index contributed by atoms with van der Waals surface area (Å²) in [5, 5.41) is 2.64. The lowest BCUT2D eigenvalue weighted by molar-refractivity contribution is -0.140. The Labute approximate surface area is 180 Å². The molecule has 3 amide bonds. The Morgan fingerprint density at radius 2 is 1.84 bits per heavy atom. The maximum atomic E-state index is 12.5. The molecule has 2 aliphatic heterocycles. The van der Waals surface area contributed by atoms with Crippen molar-refractivity contribution < 1.29 is 22.8 Å². The van der Waals surface area contributed by atoms with Gasteiger partial charge in [0.2, 0.25) is 17.7 Å². The minimum absolute atomic E-state index is 0.00979. The van der Waals surface area contributed by atoms with E-state index in [2.05, 4.69) is 15.0 Å². The van der Waals surface area contributed by atoms with Crippen LogP contribution >= 0.6 is 0 Å². The number of fused-ring (bicyclic) bond motifs is 1. The number of carbonyl (C=O) groups is 3. The van der Waals surface area contributed by atoms with Gasteiger partial charge in [-0.05, 0) is 37.5 Å². The highest BCUT2D eigenvalue weighted by molar-refractivity contribution is 7.90. The second-order valence-corrected chi connectivity index (χ2v) is 9.53. The highest BCUT2D eigenvalue weighted by Crippen LogP contribution is 2.35. The van der Waals surface area contributed by atoms with Gasteiger partial charge in [-0.1, -0.05) is 18.2 Å². The number of anilines is 1. The lowest BCUT2D eigenvalue weighted by atomic mass is 9.85. The molecule has 3 aliphatic rings. The quantitative estimate of drug-likeness (QED) is 0.507. The van der Waals surface area contributed by atoms with E-state index in [1.54, 1.807) is 6.07 Å². The van der Waals surface area contributed by atoms with Crippen molar-refractivity contribution in [1.29, 1.82) is 0 Å². The van der Waals surface area contributed by atoms with E-state index in [1.807, 2.05) is 12.2 Å². The van der Waals surface area contributed by atoms with Crippen molar-refractivity contribution in [2.75, 3.05) is 18.4 Å². The minimum atomic E-state index is -3.79. The molecule has 31 heavy (non-hydrogen) atoms. The number of aliphatic imine (C=N–C) groups is 1. The van der Waals surface area contributed by atoms with E-state index in [0.717, 1.165) is 6.42 Å². The zero-order valence-corrected chi connectivity index (χ0v) is 17.7. The molecule has 0 radical (unpaired) electrons. The predicted molar refractivity (Wildman–Crippen MR) is 114 cm³/mol. The highest BCUT2D eigenvalue weighted by atomic mass is 32.2. The summed E-state index contributed by atoms with van der Waals surface area (Å²) < 4.78 is 27.5. The number of benzene rings is 1.